The first-order valence-electron chi connectivity index (χ1n) is 7.39. The van der Waals surface area contributed by atoms with Crippen molar-refractivity contribution in [2.24, 2.45) is 0 Å². The minimum Gasteiger partial charge on any atom is -0.0915 e. The summed E-state index contributed by atoms with van der Waals surface area (Å²) in [5, 5.41) is 0. The Kier molecular flexibility index (Phi) is 7.79. The third-order valence-corrected chi connectivity index (χ3v) is 3.50. The molecule has 0 saturated heterocycles. The lowest BCUT2D eigenvalue weighted by Crippen LogP contribution is -1.87. The van der Waals surface area contributed by atoms with Crippen molar-refractivity contribution in [3.05, 3.63) is 36.0 Å². The summed E-state index contributed by atoms with van der Waals surface area (Å²) in [6.07, 6.45) is 20.1. The van der Waals surface area contributed by atoms with Crippen LogP contribution in [0.2, 0.25) is 0 Å². The average molecular weight is 232 g/mol. The second-order valence-corrected chi connectivity index (χ2v) is 5.11. The standard InChI is InChI=1S/C17H28/c1-3-4-5-7-11-14-17-15-12-9-6-8-10-13-16(17)2/h10,13-14H,2-9,11-12,15H2,1H3. The predicted molar refractivity (Wildman–Crippen MR) is 78.2 cm³/mol. The van der Waals surface area contributed by atoms with Gasteiger partial charge in [0.2, 0.25) is 0 Å². The fourth-order valence-corrected chi connectivity index (χ4v) is 2.33. The van der Waals surface area contributed by atoms with E-state index in [1.54, 1.807) is 0 Å². The van der Waals surface area contributed by atoms with E-state index in [1.165, 1.54) is 75.4 Å². The second-order valence-electron chi connectivity index (χ2n) is 5.11. The van der Waals surface area contributed by atoms with E-state index in [2.05, 4.69) is 31.7 Å². The van der Waals surface area contributed by atoms with Crippen LogP contribution < -0.4 is 0 Å². The van der Waals surface area contributed by atoms with Crippen LogP contribution in [0.15, 0.2) is 36.0 Å². The van der Waals surface area contributed by atoms with Crippen LogP contribution >= 0.6 is 0 Å². The van der Waals surface area contributed by atoms with Crippen LogP contribution in [0.3, 0.4) is 0 Å². The highest BCUT2D eigenvalue weighted by Gasteiger charge is 2.02. The van der Waals surface area contributed by atoms with Crippen LogP contribution in [-0.4, -0.2) is 0 Å². The number of hydrogen-bond acceptors (Lipinski definition) is 0. The van der Waals surface area contributed by atoms with Gasteiger partial charge in [-0.1, -0.05) is 57.4 Å². The van der Waals surface area contributed by atoms with Gasteiger partial charge in [0.15, 0.2) is 0 Å². The molecule has 0 heteroatoms. The molecule has 0 aromatic carbocycles. The van der Waals surface area contributed by atoms with Crippen molar-refractivity contribution in [1.82, 2.24) is 0 Å². The monoisotopic (exact) mass is 232 g/mol. The minimum atomic E-state index is 1.23. The van der Waals surface area contributed by atoms with Crippen LogP contribution in [-0.2, 0) is 0 Å². The van der Waals surface area contributed by atoms with E-state index < -0.39 is 0 Å². The first kappa shape index (κ1) is 14.3. The summed E-state index contributed by atoms with van der Waals surface area (Å²) in [6, 6.07) is 0. The summed E-state index contributed by atoms with van der Waals surface area (Å²) in [6.45, 7) is 6.47. The molecule has 0 heterocycles. The van der Waals surface area contributed by atoms with E-state index in [4.69, 9.17) is 0 Å². The quantitative estimate of drug-likeness (QED) is 0.513. The minimum absolute atomic E-state index is 1.23. The summed E-state index contributed by atoms with van der Waals surface area (Å²) < 4.78 is 0. The number of unbranched alkanes of at least 4 members (excludes halogenated alkanes) is 4. The van der Waals surface area contributed by atoms with Gasteiger partial charge in [-0.25, -0.2) is 0 Å². The summed E-state index contributed by atoms with van der Waals surface area (Å²) in [5.41, 5.74) is 2.75. The van der Waals surface area contributed by atoms with Gasteiger partial charge in [-0.2, -0.15) is 0 Å². The topological polar surface area (TPSA) is 0 Å². The van der Waals surface area contributed by atoms with E-state index in [1.807, 2.05) is 0 Å². The molecule has 0 nitrogen and oxygen atoms in total. The molecule has 0 N–H and O–H groups in total. The van der Waals surface area contributed by atoms with Crippen LogP contribution in [0.4, 0.5) is 0 Å². The molecule has 0 spiro atoms. The predicted octanol–water partition coefficient (Wildman–Crippen LogP) is 5.96. The average Bonchev–Trinajstić information content (AvgIpc) is 2.43. The molecule has 17 heavy (non-hydrogen) atoms. The van der Waals surface area contributed by atoms with Gasteiger partial charge in [-0.15, -0.1) is 0 Å². The Hall–Kier alpha value is -0.780. The summed E-state index contributed by atoms with van der Waals surface area (Å²) >= 11 is 0. The second kappa shape index (κ2) is 9.27. The zero-order chi connectivity index (χ0) is 12.3. The van der Waals surface area contributed by atoms with Crippen LogP contribution in [0.5, 0.6) is 0 Å². The Morgan fingerprint density at radius 2 is 2.06 bits per heavy atom. The van der Waals surface area contributed by atoms with Crippen LogP contribution in [0.25, 0.3) is 0 Å². The molecule has 0 atom stereocenters. The van der Waals surface area contributed by atoms with Crippen molar-refractivity contribution >= 4 is 0 Å². The Morgan fingerprint density at radius 3 is 2.88 bits per heavy atom. The van der Waals surface area contributed by atoms with Gasteiger partial charge in [-0.3, -0.25) is 0 Å². The normalized spacial score (nSPS) is 20.1. The van der Waals surface area contributed by atoms with Gasteiger partial charge >= 0.3 is 0 Å². The maximum atomic E-state index is 4.20. The van der Waals surface area contributed by atoms with Gasteiger partial charge in [0, 0.05) is 0 Å². The molecule has 0 unspecified atom stereocenters. The third-order valence-electron chi connectivity index (χ3n) is 3.50. The first-order chi connectivity index (χ1) is 8.34. The van der Waals surface area contributed by atoms with Crippen molar-refractivity contribution in [3.63, 3.8) is 0 Å². The Morgan fingerprint density at radius 1 is 1.18 bits per heavy atom. The Balaban J connectivity index is 2.40. The SMILES string of the molecule is C=C1C=CCCCCCC1=CCCCCCC. The van der Waals surface area contributed by atoms with Crippen molar-refractivity contribution in [2.45, 2.75) is 71.1 Å². The Labute approximate surface area is 108 Å². The highest BCUT2D eigenvalue weighted by Crippen LogP contribution is 2.22. The fraction of sp³-hybridized carbons (Fsp3) is 0.647. The molecular formula is C17H28. The molecule has 0 amide bonds. The van der Waals surface area contributed by atoms with Crippen molar-refractivity contribution < 1.29 is 0 Å². The maximum Gasteiger partial charge on any atom is -0.0276 e. The molecular weight excluding hydrogens is 204 g/mol. The number of rotatable bonds is 5. The lowest BCUT2D eigenvalue weighted by Gasteiger charge is -2.07. The highest BCUT2D eigenvalue weighted by atomic mass is 14.1. The molecule has 1 rings (SSSR count). The zero-order valence-corrected chi connectivity index (χ0v) is 11.5. The maximum absolute atomic E-state index is 4.20. The molecule has 0 fully saturated rings. The lowest BCUT2D eigenvalue weighted by atomic mass is 9.99. The van der Waals surface area contributed by atoms with E-state index in [9.17, 15) is 0 Å². The summed E-state index contributed by atoms with van der Waals surface area (Å²) in [4.78, 5) is 0. The fourth-order valence-electron chi connectivity index (χ4n) is 2.33. The molecule has 96 valence electrons. The molecule has 0 bridgehead atoms. The lowest BCUT2D eigenvalue weighted by molar-refractivity contribution is 0.667. The van der Waals surface area contributed by atoms with Crippen molar-refractivity contribution in [3.8, 4) is 0 Å². The molecule has 0 saturated carbocycles. The van der Waals surface area contributed by atoms with Crippen LogP contribution in [0.1, 0.15) is 71.1 Å². The molecule has 0 radical (unpaired) electrons. The summed E-state index contributed by atoms with van der Waals surface area (Å²) in [5.74, 6) is 0. The molecule has 0 aromatic rings. The van der Waals surface area contributed by atoms with Crippen molar-refractivity contribution in [1.29, 1.82) is 0 Å². The third kappa shape index (κ3) is 6.51. The summed E-state index contributed by atoms with van der Waals surface area (Å²) in [7, 11) is 0. The molecule has 0 aliphatic heterocycles. The van der Waals surface area contributed by atoms with Gasteiger partial charge in [0.1, 0.15) is 0 Å². The smallest absolute Gasteiger partial charge is 0.0276 e. The van der Waals surface area contributed by atoms with E-state index in [0.717, 1.165) is 0 Å². The molecule has 1 aliphatic carbocycles. The first-order valence-corrected chi connectivity index (χ1v) is 7.39. The highest BCUT2D eigenvalue weighted by molar-refractivity contribution is 5.37. The number of hydrogen-bond donors (Lipinski definition) is 0. The van der Waals surface area contributed by atoms with E-state index in [0.29, 0.717) is 0 Å². The van der Waals surface area contributed by atoms with Crippen molar-refractivity contribution in [2.75, 3.05) is 0 Å². The van der Waals surface area contributed by atoms with Gasteiger partial charge in [-0.05, 0) is 49.7 Å². The van der Waals surface area contributed by atoms with Gasteiger partial charge < -0.3 is 0 Å². The van der Waals surface area contributed by atoms with Gasteiger partial charge in [0.05, 0.1) is 0 Å². The zero-order valence-electron chi connectivity index (χ0n) is 11.5. The van der Waals surface area contributed by atoms with E-state index in [-0.39, 0.29) is 0 Å². The molecule has 1 aliphatic rings. The van der Waals surface area contributed by atoms with E-state index >= 15 is 0 Å². The largest absolute Gasteiger partial charge is 0.0915 e. The van der Waals surface area contributed by atoms with Crippen LogP contribution in [0, 0.1) is 0 Å². The Bertz CT molecular complexity index is 268. The van der Waals surface area contributed by atoms with Gasteiger partial charge in [0.25, 0.3) is 0 Å². The molecule has 0 aromatic heterocycles. The number of allylic oxidation sites excluding steroid dienone is 5.